The molecule has 0 fully saturated rings. The van der Waals surface area contributed by atoms with Gasteiger partial charge >= 0.3 is 0 Å². The molecule has 2 aromatic rings. The molecule has 0 radical (unpaired) electrons. The monoisotopic (exact) mass is 309 g/mol. The Morgan fingerprint density at radius 3 is 2.94 bits per heavy atom. The van der Waals surface area contributed by atoms with Gasteiger partial charge in [0, 0.05) is 22.9 Å². The summed E-state index contributed by atoms with van der Waals surface area (Å²) in [5.74, 6) is 0. The molecule has 0 amide bonds. The van der Waals surface area contributed by atoms with E-state index in [1.807, 2.05) is 31.3 Å². The van der Waals surface area contributed by atoms with Crippen LogP contribution >= 0.6 is 15.9 Å². The van der Waals surface area contributed by atoms with Gasteiger partial charge in [0.15, 0.2) is 0 Å². The second-order valence-corrected chi connectivity index (χ2v) is 5.16. The zero-order valence-electron chi connectivity index (χ0n) is 10.2. The summed E-state index contributed by atoms with van der Waals surface area (Å²) in [5, 5.41) is 9.59. The van der Waals surface area contributed by atoms with Crippen LogP contribution in [0.4, 0.5) is 0 Å². The summed E-state index contributed by atoms with van der Waals surface area (Å²) in [6.45, 7) is 0.804. The van der Waals surface area contributed by atoms with Crippen LogP contribution < -0.4 is 0 Å². The predicted molar refractivity (Wildman–Crippen MR) is 74.0 cm³/mol. The van der Waals surface area contributed by atoms with Crippen LogP contribution in [0.3, 0.4) is 0 Å². The third-order valence-electron chi connectivity index (χ3n) is 2.91. The molecule has 2 rings (SSSR count). The average Bonchev–Trinajstić information content (AvgIpc) is 2.83. The van der Waals surface area contributed by atoms with Crippen molar-refractivity contribution in [2.75, 3.05) is 13.7 Å². The molecule has 0 saturated carbocycles. The number of hydrogen-bond acceptors (Lipinski definition) is 3. The third kappa shape index (κ3) is 3.19. The molecule has 0 saturated heterocycles. The van der Waals surface area contributed by atoms with Gasteiger partial charge in [-0.05, 0) is 24.7 Å². The number of nitrogens with zero attached hydrogens (tertiary/aromatic N) is 2. The minimum absolute atomic E-state index is 0.0224. The molecule has 0 aliphatic carbocycles. The first-order valence-electron chi connectivity index (χ1n) is 5.74. The molecular weight excluding hydrogens is 294 g/mol. The molecule has 0 bridgehead atoms. The van der Waals surface area contributed by atoms with Gasteiger partial charge in [-0.3, -0.25) is 4.90 Å². The van der Waals surface area contributed by atoms with Crippen molar-refractivity contribution in [2.45, 2.75) is 12.6 Å². The van der Waals surface area contributed by atoms with Crippen molar-refractivity contribution in [3.05, 3.63) is 52.5 Å². The number of nitrogens with one attached hydrogen (secondary N) is 1. The molecule has 96 valence electrons. The van der Waals surface area contributed by atoms with Crippen molar-refractivity contribution >= 4 is 15.9 Å². The molecule has 1 atom stereocenters. The SMILES string of the molecule is CN(Cc1cnc[nH]1)[C@@H](CO)c1cccc(Br)c1. The maximum Gasteiger partial charge on any atom is 0.0922 e. The van der Waals surface area contributed by atoms with Gasteiger partial charge in [-0.15, -0.1) is 0 Å². The van der Waals surface area contributed by atoms with E-state index in [1.165, 1.54) is 0 Å². The van der Waals surface area contributed by atoms with Crippen LogP contribution in [0, 0.1) is 0 Å². The lowest BCUT2D eigenvalue weighted by Gasteiger charge is -2.26. The molecular formula is C13H16BrN3O. The van der Waals surface area contributed by atoms with Gasteiger partial charge in [-0.1, -0.05) is 28.1 Å². The second-order valence-electron chi connectivity index (χ2n) is 4.25. The Bertz CT molecular complexity index is 487. The minimum Gasteiger partial charge on any atom is -0.394 e. The zero-order valence-corrected chi connectivity index (χ0v) is 11.8. The number of aliphatic hydroxyl groups excluding tert-OH is 1. The highest BCUT2D eigenvalue weighted by molar-refractivity contribution is 9.10. The predicted octanol–water partition coefficient (Wildman–Crippen LogP) is 2.34. The third-order valence-corrected chi connectivity index (χ3v) is 3.41. The molecule has 4 nitrogen and oxygen atoms in total. The van der Waals surface area contributed by atoms with Crippen LogP contribution in [0.15, 0.2) is 41.3 Å². The topological polar surface area (TPSA) is 52.2 Å². The number of rotatable bonds is 5. The normalized spacial score (nSPS) is 12.9. The van der Waals surface area contributed by atoms with Crippen LogP contribution in [0.1, 0.15) is 17.3 Å². The standard InChI is InChI=1S/C13H16BrN3O/c1-17(7-12-6-15-9-16-12)13(8-18)10-3-2-4-11(14)5-10/h2-6,9,13,18H,7-8H2,1H3,(H,15,16)/t13-/m0/s1. The van der Waals surface area contributed by atoms with Crippen molar-refractivity contribution in [3.8, 4) is 0 Å². The Hall–Kier alpha value is -1.17. The van der Waals surface area contributed by atoms with Crippen molar-refractivity contribution in [2.24, 2.45) is 0 Å². The summed E-state index contributed by atoms with van der Waals surface area (Å²) < 4.78 is 1.02. The number of benzene rings is 1. The number of likely N-dealkylation sites (N-methyl/N-ethyl adjacent to an activating group) is 1. The first-order chi connectivity index (χ1) is 8.70. The first kappa shape index (κ1) is 13.3. The fraction of sp³-hybridized carbons (Fsp3) is 0.308. The van der Waals surface area contributed by atoms with Crippen LogP contribution in [0.5, 0.6) is 0 Å². The first-order valence-corrected chi connectivity index (χ1v) is 6.54. The fourth-order valence-electron chi connectivity index (χ4n) is 1.96. The highest BCUT2D eigenvalue weighted by Crippen LogP contribution is 2.23. The number of hydrogen-bond donors (Lipinski definition) is 2. The Kier molecular flexibility index (Phi) is 4.52. The number of aromatic amines is 1. The molecule has 0 aliphatic heterocycles. The average molecular weight is 310 g/mol. The molecule has 0 spiro atoms. The van der Waals surface area contributed by atoms with E-state index in [0.717, 1.165) is 22.3 Å². The highest BCUT2D eigenvalue weighted by Gasteiger charge is 2.16. The van der Waals surface area contributed by atoms with Gasteiger partial charge in [-0.25, -0.2) is 4.98 Å². The minimum atomic E-state index is -0.0224. The molecule has 2 N–H and O–H groups in total. The van der Waals surface area contributed by atoms with Gasteiger partial charge in [0.1, 0.15) is 0 Å². The van der Waals surface area contributed by atoms with E-state index in [1.54, 1.807) is 12.5 Å². The quantitative estimate of drug-likeness (QED) is 0.891. The summed E-state index contributed by atoms with van der Waals surface area (Å²) in [7, 11) is 1.99. The lowest BCUT2D eigenvalue weighted by Crippen LogP contribution is -2.27. The van der Waals surface area contributed by atoms with Gasteiger partial charge in [0.25, 0.3) is 0 Å². The van der Waals surface area contributed by atoms with E-state index in [2.05, 4.69) is 30.8 Å². The zero-order chi connectivity index (χ0) is 13.0. The molecule has 18 heavy (non-hydrogen) atoms. The van der Waals surface area contributed by atoms with Crippen molar-refractivity contribution < 1.29 is 5.11 Å². The van der Waals surface area contributed by atoms with Gasteiger partial charge in [0.05, 0.1) is 19.0 Å². The fourth-order valence-corrected chi connectivity index (χ4v) is 2.38. The van der Waals surface area contributed by atoms with E-state index >= 15 is 0 Å². The maximum atomic E-state index is 9.59. The molecule has 1 heterocycles. The van der Waals surface area contributed by atoms with Crippen LogP contribution in [-0.2, 0) is 6.54 Å². The molecule has 0 aliphatic rings. The van der Waals surface area contributed by atoms with Gasteiger partial charge in [-0.2, -0.15) is 0 Å². The summed E-state index contributed by atoms with van der Waals surface area (Å²) in [5.41, 5.74) is 2.12. The Labute approximate surface area is 115 Å². The second kappa shape index (κ2) is 6.13. The molecule has 0 unspecified atom stereocenters. The van der Waals surface area contributed by atoms with Crippen LogP contribution in [-0.4, -0.2) is 33.6 Å². The highest BCUT2D eigenvalue weighted by atomic mass is 79.9. The van der Waals surface area contributed by atoms with Gasteiger partial charge in [0.2, 0.25) is 0 Å². The molecule has 1 aromatic carbocycles. The van der Waals surface area contributed by atoms with E-state index < -0.39 is 0 Å². The number of H-pyrrole nitrogens is 1. The van der Waals surface area contributed by atoms with E-state index in [9.17, 15) is 5.11 Å². The van der Waals surface area contributed by atoms with Gasteiger partial charge < -0.3 is 10.1 Å². The van der Waals surface area contributed by atoms with Crippen LogP contribution in [0.2, 0.25) is 0 Å². The van der Waals surface area contributed by atoms with Crippen LogP contribution in [0.25, 0.3) is 0 Å². The maximum absolute atomic E-state index is 9.59. The van der Waals surface area contributed by atoms with Crippen molar-refractivity contribution in [3.63, 3.8) is 0 Å². The van der Waals surface area contributed by atoms with E-state index in [-0.39, 0.29) is 12.6 Å². The van der Waals surface area contributed by atoms with E-state index in [4.69, 9.17) is 0 Å². The Morgan fingerprint density at radius 2 is 2.33 bits per heavy atom. The number of aromatic nitrogens is 2. The number of aliphatic hydroxyl groups is 1. The lowest BCUT2D eigenvalue weighted by molar-refractivity contribution is 0.141. The summed E-state index contributed by atoms with van der Waals surface area (Å²) in [6.07, 6.45) is 3.46. The van der Waals surface area contributed by atoms with Crippen molar-refractivity contribution in [1.82, 2.24) is 14.9 Å². The largest absolute Gasteiger partial charge is 0.394 e. The van der Waals surface area contributed by atoms with E-state index in [0.29, 0.717) is 0 Å². The lowest BCUT2D eigenvalue weighted by atomic mass is 10.1. The Morgan fingerprint density at radius 1 is 1.50 bits per heavy atom. The van der Waals surface area contributed by atoms with Crippen molar-refractivity contribution in [1.29, 1.82) is 0 Å². The summed E-state index contributed by atoms with van der Waals surface area (Å²) in [6, 6.07) is 7.99. The number of imidazole rings is 1. The smallest absolute Gasteiger partial charge is 0.0922 e. The molecule has 5 heteroatoms. The summed E-state index contributed by atoms with van der Waals surface area (Å²) >= 11 is 3.45. The number of halogens is 1. The Balaban J connectivity index is 2.12. The molecule has 1 aromatic heterocycles. The summed E-state index contributed by atoms with van der Waals surface area (Å²) in [4.78, 5) is 9.15.